The average Bonchev–Trinajstić information content (AvgIpc) is 2.26. The van der Waals surface area contributed by atoms with Gasteiger partial charge in [-0.3, -0.25) is 0 Å². The van der Waals surface area contributed by atoms with Crippen molar-refractivity contribution in [2.45, 2.75) is 0 Å². The molecule has 7 heteroatoms. The van der Waals surface area contributed by atoms with Crippen LogP contribution in [0.1, 0.15) is 5.56 Å². The van der Waals surface area contributed by atoms with Gasteiger partial charge in [0.15, 0.2) is 0 Å². The molecule has 0 heterocycles. The van der Waals surface area contributed by atoms with Crippen LogP contribution in [-0.2, 0) is 10.1 Å². The molecule has 0 aromatic heterocycles. The van der Waals surface area contributed by atoms with Gasteiger partial charge in [0.05, 0.1) is 23.7 Å². The molecule has 1 aromatic rings. The minimum Gasteiger partial charge on any atom is -0.392 e. The highest BCUT2D eigenvalue weighted by molar-refractivity contribution is 7.86. The van der Waals surface area contributed by atoms with Crippen LogP contribution in [0.4, 0.5) is 5.69 Å². The summed E-state index contributed by atoms with van der Waals surface area (Å²) < 4.78 is 26.7. The summed E-state index contributed by atoms with van der Waals surface area (Å²) >= 11 is 4.51. The van der Waals surface area contributed by atoms with E-state index in [2.05, 4.69) is 22.4 Å². The quantitative estimate of drug-likeness (QED) is 0.507. The Balaban J connectivity index is 3.18. The third-order valence-electron chi connectivity index (χ3n) is 1.82. The number of benzene rings is 1. The van der Waals surface area contributed by atoms with Crippen molar-refractivity contribution >= 4 is 39.3 Å². The van der Waals surface area contributed by atoms with Gasteiger partial charge < -0.3 is 9.29 Å². The van der Waals surface area contributed by atoms with Gasteiger partial charge in [0.2, 0.25) is 0 Å². The van der Waals surface area contributed by atoms with Crippen molar-refractivity contribution in [3.8, 4) is 5.75 Å². The fraction of sp³-hybridized carbons (Fsp3) is 0.182. The first-order chi connectivity index (χ1) is 8.46. The van der Waals surface area contributed by atoms with Crippen LogP contribution in [-0.4, -0.2) is 31.5 Å². The molecule has 0 atom stereocenters. The maximum atomic E-state index is 11.0. The SMILES string of the molecule is CS(=O)(=O)Oc1ccc(/C=C\CO)c(N=C=S)c1. The van der Waals surface area contributed by atoms with Crippen LogP contribution in [0.2, 0.25) is 0 Å². The van der Waals surface area contributed by atoms with Crippen LogP contribution < -0.4 is 4.18 Å². The fourth-order valence-corrected chi connectivity index (χ4v) is 1.77. The lowest BCUT2D eigenvalue weighted by atomic mass is 10.1. The van der Waals surface area contributed by atoms with E-state index in [4.69, 9.17) is 9.29 Å². The molecule has 0 saturated carbocycles. The molecule has 0 bridgehead atoms. The van der Waals surface area contributed by atoms with E-state index in [9.17, 15) is 8.42 Å². The molecule has 0 unspecified atom stereocenters. The third-order valence-corrected chi connectivity index (χ3v) is 2.40. The summed E-state index contributed by atoms with van der Waals surface area (Å²) in [4.78, 5) is 3.81. The Morgan fingerprint density at radius 3 is 2.83 bits per heavy atom. The van der Waals surface area contributed by atoms with Gasteiger partial charge >= 0.3 is 10.1 Å². The second-order valence-electron chi connectivity index (χ2n) is 3.30. The molecule has 5 nitrogen and oxygen atoms in total. The number of aliphatic hydroxyl groups excluding tert-OH is 1. The minimum atomic E-state index is -3.58. The zero-order valence-corrected chi connectivity index (χ0v) is 11.2. The molecule has 0 aliphatic rings. The van der Waals surface area contributed by atoms with Gasteiger partial charge in [-0.25, -0.2) is 0 Å². The Morgan fingerprint density at radius 2 is 2.28 bits per heavy atom. The largest absolute Gasteiger partial charge is 0.392 e. The molecule has 0 spiro atoms. The van der Waals surface area contributed by atoms with Crippen LogP contribution in [0.25, 0.3) is 6.08 Å². The molecule has 0 aliphatic heterocycles. The lowest BCUT2D eigenvalue weighted by molar-refractivity contribution is 0.343. The van der Waals surface area contributed by atoms with Gasteiger partial charge in [0, 0.05) is 11.6 Å². The lowest BCUT2D eigenvalue weighted by Gasteiger charge is -2.05. The minimum absolute atomic E-state index is 0.109. The Morgan fingerprint density at radius 1 is 1.56 bits per heavy atom. The summed E-state index contributed by atoms with van der Waals surface area (Å²) in [7, 11) is -3.58. The molecule has 1 aromatic carbocycles. The Labute approximate surface area is 111 Å². The van der Waals surface area contributed by atoms with Crippen molar-refractivity contribution in [1.82, 2.24) is 0 Å². The van der Waals surface area contributed by atoms with Crippen LogP contribution in [0.3, 0.4) is 0 Å². The summed E-state index contributed by atoms with van der Waals surface area (Å²) in [5.74, 6) is 0.141. The maximum Gasteiger partial charge on any atom is 0.306 e. The predicted octanol–water partition coefficient (Wildman–Crippen LogP) is 1.76. The molecule has 96 valence electrons. The number of hydrogen-bond donors (Lipinski definition) is 1. The van der Waals surface area contributed by atoms with E-state index in [0.717, 1.165) is 6.26 Å². The van der Waals surface area contributed by atoms with Crippen molar-refractivity contribution in [3.63, 3.8) is 0 Å². The molecule has 0 amide bonds. The number of thiocarbonyl (C=S) groups is 1. The van der Waals surface area contributed by atoms with Gasteiger partial charge in [-0.2, -0.15) is 13.4 Å². The van der Waals surface area contributed by atoms with Crippen LogP contribution >= 0.6 is 12.2 Å². The fourth-order valence-electron chi connectivity index (χ4n) is 1.22. The van der Waals surface area contributed by atoms with Crippen LogP contribution in [0.15, 0.2) is 29.3 Å². The average molecular weight is 285 g/mol. The van der Waals surface area contributed by atoms with Gasteiger partial charge in [-0.15, -0.1) is 0 Å². The molecule has 0 radical (unpaired) electrons. The monoisotopic (exact) mass is 285 g/mol. The van der Waals surface area contributed by atoms with Crippen LogP contribution in [0, 0.1) is 0 Å². The summed E-state index contributed by atoms with van der Waals surface area (Å²) in [6.45, 7) is -0.109. The summed E-state index contributed by atoms with van der Waals surface area (Å²) in [6.07, 6.45) is 4.11. The van der Waals surface area contributed by atoms with Crippen molar-refractivity contribution in [3.05, 3.63) is 29.8 Å². The molecule has 0 fully saturated rings. The molecular formula is C11H11NO4S2. The molecule has 1 N–H and O–H groups in total. The lowest BCUT2D eigenvalue weighted by Crippen LogP contribution is -2.05. The summed E-state index contributed by atoms with van der Waals surface area (Å²) in [5, 5.41) is 10.9. The third kappa shape index (κ3) is 4.77. The van der Waals surface area contributed by atoms with Crippen molar-refractivity contribution < 1.29 is 17.7 Å². The smallest absolute Gasteiger partial charge is 0.306 e. The second kappa shape index (κ2) is 6.42. The first-order valence-corrected chi connectivity index (χ1v) is 7.07. The number of rotatable bonds is 5. The topological polar surface area (TPSA) is 76.0 Å². The van der Waals surface area contributed by atoms with E-state index in [-0.39, 0.29) is 12.4 Å². The molecule has 0 aliphatic carbocycles. The first-order valence-electron chi connectivity index (χ1n) is 4.85. The Bertz CT molecular complexity index is 601. The summed E-state index contributed by atoms with van der Waals surface area (Å²) in [6, 6.07) is 4.52. The predicted molar refractivity (Wildman–Crippen MR) is 72.7 cm³/mol. The zero-order chi connectivity index (χ0) is 13.6. The van der Waals surface area contributed by atoms with Crippen molar-refractivity contribution in [2.24, 2.45) is 4.99 Å². The van der Waals surface area contributed by atoms with E-state index < -0.39 is 10.1 Å². The Kier molecular flexibility index (Phi) is 5.18. The van der Waals surface area contributed by atoms with E-state index >= 15 is 0 Å². The van der Waals surface area contributed by atoms with Crippen molar-refractivity contribution in [1.29, 1.82) is 0 Å². The van der Waals surface area contributed by atoms with E-state index in [0.29, 0.717) is 11.3 Å². The summed E-state index contributed by atoms with van der Waals surface area (Å²) in [5.41, 5.74) is 1.08. The van der Waals surface area contributed by atoms with Gasteiger partial charge in [-0.05, 0) is 24.4 Å². The zero-order valence-electron chi connectivity index (χ0n) is 9.53. The number of hydrogen-bond acceptors (Lipinski definition) is 6. The second-order valence-corrected chi connectivity index (χ2v) is 5.05. The number of isothiocyanates is 1. The van der Waals surface area contributed by atoms with E-state index in [1.807, 2.05) is 0 Å². The first kappa shape index (κ1) is 14.5. The van der Waals surface area contributed by atoms with E-state index in [1.54, 1.807) is 12.1 Å². The normalized spacial score (nSPS) is 11.2. The van der Waals surface area contributed by atoms with Crippen LogP contribution in [0.5, 0.6) is 5.75 Å². The van der Waals surface area contributed by atoms with E-state index in [1.165, 1.54) is 18.2 Å². The Hall–Kier alpha value is -1.53. The highest BCUT2D eigenvalue weighted by Crippen LogP contribution is 2.26. The molecule has 1 rings (SSSR count). The maximum absolute atomic E-state index is 11.0. The van der Waals surface area contributed by atoms with Gasteiger partial charge in [0.25, 0.3) is 0 Å². The number of aliphatic imine (C=N–C) groups is 1. The number of nitrogens with zero attached hydrogens (tertiary/aromatic N) is 1. The van der Waals surface area contributed by atoms with Crippen molar-refractivity contribution in [2.75, 3.05) is 12.9 Å². The molecule has 0 saturated heterocycles. The van der Waals surface area contributed by atoms with Gasteiger partial charge in [0.1, 0.15) is 5.75 Å². The standard InChI is InChI=1S/C11H11NO4S2/c1-18(14,15)16-10-5-4-9(3-2-6-13)11(7-10)12-8-17/h2-5,7,13H,6H2,1H3/b3-2-. The highest BCUT2D eigenvalue weighted by atomic mass is 32.2. The van der Waals surface area contributed by atoms with Gasteiger partial charge in [-0.1, -0.05) is 12.2 Å². The highest BCUT2D eigenvalue weighted by Gasteiger charge is 2.07. The molecular weight excluding hydrogens is 274 g/mol. The molecule has 18 heavy (non-hydrogen) atoms. The number of aliphatic hydroxyl groups is 1.